The van der Waals surface area contributed by atoms with Crippen LogP contribution in [0.25, 0.3) is 10.9 Å². The fraction of sp³-hybridized carbons (Fsp3) is 0.614. The summed E-state index contributed by atoms with van der Waals surface area (Å²) >= 11 is -0.962. The van der Waals surface area contributed by atoms with E-state index in [4.69, 9.17) is 10.5 Å². The van der Waals surface area contributed by atoms with Gasteiger partial charge >= 0.3 is 6.03 Å². The summed E-state index contributed by atoms with van der Waals surface area (Å²) in [6.07, 6.45) is 3.53. The van der Waals surface area contributed by atoms with Crippen molar-refractivity contribution in [1.82, 2.24) is 62.6 Å². The van der Waals surface area contributed by atoms with Crippen molar-refractivity contribution in [2.45, 2.75) is 144 Å². The van der Waals surface area contributed by atoms with Crippen molar-refractivity contribution in [3.63, 3.8) is 0 Å². The van der Waals surface area contributed by atoms with E-state index in [0.717, 1.165) is 17.7 Å². The normalized spacial score (nSPS) is 22.0. The van der Waals surface area contributed by atoms with Crippen LogP contribution in [0.2, 0.25) is 0 Å². The quantitative estimate of drug-likeness (QED) is 0.0162. The second-order valence-corrected chi connectivity index (χ2v) is 24.6. The third-order valence-electron chi connectivity index (χ3n) is 15.7. The molecule has 0 radical (unpaired) electrons. The van der Waals surface area contributed by atoms with Gasteiger partial charge in [0, 0.05) is 90.5 Å². The Morgan fingerprint density at radius 3 is 2.21 bits per heavy atom. The highest BCUT2D eigenvalue weighted by Crippen LogP contribution is 2.37. The molecular weight excluding hydrogens is 1200 g/mol. The minimum Gasteiger partial charge on any atom is -0.610 e. The second-order valence-electron chi connectivity index (χ2n) is 22.1. The highest BCUT2D eigenvalue weighted by molar-refractivity contribution is 7.98. The maximum atomic E-state index is 15.3. The summed E-state index contributed by atoms with van der Waals surface area (Å²) in [6, 6.07) is -5.94. The zero-order valence-corrected chi connectivity index (χ0v) is 52.3. The number of primary amides is 1. The molecule has 0 bridgehead atoms. The lowest BCUT2D eigenvalue weighted by Gasteiger charge is -2.29. The SMILES string of the molecule is CC[C@H](C)[C@@H]1NC(=O)CNC(=O)[C@@H](NC(=O)[C@@H](NC)[C@@H](C)[C@@H](O)CO)Cc2c([nH]c3c(CSCCCCNC(=O)NCCCCCCN4C(=O)C=CC4=O)c(OC)ccc23)[S+]([O-])C[C@@H](C(=O)N[C@@H](CC(N)=O)C(=O)N2C[C@H](O)C[C@H]2C=O)NC(=O)CNC1=O. The van der Waals surface area contributed by atoms with Crippen LogP contribution in [0.5, 0.6) is 5.75 Å². The molecule has 492 valence electrons. The van der Waals surface area contributed by atoms with Crippen LogP contribution in [0, 0.1) is 11.8 Å². The number of rotatable bonds is 29. The Bertz CT molecular complexity index is 2880. The van der Waals surface area contributed by atoms with Gasteiger partial charge in [0.2, 0.25) is 52.3 Å². The van der Waals surface area contributed by atoms with E-state index >= 15 is 4.55 Å². The Kier molecular flexibility index (Phi) is 29.1. The number of carbonyl (C=O) groups excluding carboxylic acids is 12. The molecule has 1 saturated heterocycles. The van der Waals surface area contributed by atoms with Gasteiger partial charge in [-0.15, -0.1) is 0 Å². The lowest BCUT2D eigenvalue weighted by molar-refractivity contribution is -0.140. The number of nitrogens with zero attached hydrogens (tertiary/aromatic N) is 2. The van der Waals surface area contributed by atoms with Crippen LogP contribution in [0.3, 0.4) is 0 Å². The summed E-state index contributed by atoms with van der Waals surface area (Å²) in [6.45, 7) is 3.47. The van der Waals surface area contributed by atoms with Gasteiger partial charge in [-0.05, 0) is 56.5 Å². The first-order valence-electron chi connectivity index (χ1n) is 29.6. The summed E-state index contributed by atoms with van der Waals surface area (Å²) in [5, 5.41) is 54.5. The van der Waals surface area contributed by atoms with Gasteiger partial charge in [0.05, 0.1) is 63.0 Å². The van der Waals surface area contributed by atoms with Crippen molar-refractivity contribution in [2.75, 3.05) is 71.5 Å². The van der Waals surface area contributed by atoms with E-state index in [-0.39, 0.29) is 47.2 Å². The topological polar surface area (TPSA) is 454 Å². The molecule has 2 aromatic rings. The first-order chi connectivity index (χ1) is 42.5. The maximum Gasteiger partial charge on any atom is 0.314 e. The second kappa shape index (κ2) is 35.7. The number of imide groups is 1. The smallest absolute Gasteiger partial charge is 0.314 e. The molecule has 30 nitrogen and oxygen atoms in total. The highest BCUT2D eigenvalue weighted by Gasteiger charge is 2.41. The Morgan fingerprint density at radius 1 is 0.933 bits per heavy atom. The number of urea groups is 1. The molecule has 1 unspecified atom stereocenters. The van der Waals surface area contributed by atoms with Gasteiger partial charge in [0.1, 0.15) is 35.9 Å². The number of aliphatic hydroxyl groups excluding tert-OH is 3. The Hall–Kier alpha value is -7.36. The van der Waals surface area contributed by atoms with Crippen LogP contribution >= 0.6 is 11.8 Å². The van der Waals surface area contributed by atoms with Crippen molar-refractivity contribution >= 4 is 105 Å². The van der Waals surface area contributed by atoms with Crippen molar-refractivity contribution < 1.29 is 82.1 Å². The summed E-state index contributed by atoms with van der Waals surface area (Å²) in [5.74, 6) is -9.33. The lowest BCUT2D eigenvalue weighted by Crippen LogP contribution is -2.59. The largest absolute Gasteiger partial charge is 0.610 e. The number of carbonyl (C=O) groups is 12. The number of unbranched alkanes of at least 4 members (excludes halogenated alkanes) is 4. The van der Waals surface area contributed by atoms with Gasteiger partial charge in [0.25, 0.3) is 11.8 Å². The monoisotopic (exact) mass is 1290 g/mol. The number of β-amino-alcohol motifs (C(OH)–C–C–N with tert-alkyl or cyclic N) is 1. The van der Waals surface area contributed by atoms with E-state index < -0.39 is 157 Å². The molecule has 1 aromatic heterocycles. The molecule has 15 N–H and O–H groups in total. The predicted octanol–water partition coefficient (Wildman–Crippen LogP) is -3.53. The Morgan fingerprint density at radius 2 is 1.58 bits per heavy atom. The molecule has 11 atom stereocenters. The Labute approximate surface area is 522 Å². The molecule has 3 aliphatic heterocycles. The fourth-order valence-corrected chi connectivity index (χ4v) is 12.8. The molecular formula is C57H85N13O17S2. The molecule has 4 heterocycles. The van der Waals surface area contributed by atoms with Crippen LogP contribution in [-0.2, 0) is 76.1 Å². The average molecular weight is 1290 g/mol. The number of hydrogen-bond donors (Lipinski definition) is 14. The summed E-state index contributed by atoms with van der Waals surface area (Å²) in [7, 11) is 2.86. The highest BCUT2D eigenvalue weighted by atomic mass is 32.2. The van der Waals surface area contributed by atoms with Crippen LogP contribution in [0.1, 0.15) is 89.7 Å². The number of ether oxygens (including phenoxy) is 1. The first kappa shape index (κ1) is 72.4. The number of aliphatic hydroxyl groups is 3. The number of fused-ring (bicyclic) bond motifs is 3. The average Bonchev–Trinajstić information content (AvgIpc) is 1.75. The van der Waals surface area contributed by atoms with Crippen molar-refractivity contribution in [3.05, 3.63) is 35.4 Å². The number of nitrogens with two attached hydrogens (primary N) is 1. The number of methoxy groups -OCH3 is 1. The summed E-state index contributed by atoms with van der Waals surface area (Å²) < 4.78 is 21.2. The molecule has 1 aromatic carbocycles. The number of likely N-dealkylation sites (N-methyl/N-ethyl adjacent to an activating group) is 1. The molecule has 1 fully saturated rings. The van der Waals surface area contributed by atoms with Gasteiger partial charge in [0.15, 0.2) is 6.04 Å². The number of H-pyrrole nitrogens is 1. The number of likely N-dealkylation sites (tertiary alicyclic amines) is 1. The zero-order chi connectivity index (χ0) is 65.5. The van der Waals surface area contributed by atoms with E-state index in [1.165, 1.54) is 49.9 Å². The van der Waals surface area contributed by atoms with Crippen molar-refractivity contribution in [2.24, 2.45) is 17.6 Å². The molecule has 0 spiro atoms. The van der Waals surface area contributed by atoms with Gasteiger partial charge in [-0.1, -0.05) is 40.0 Å². The van der Waals surface area contributed by atoms with Crippen molar-refractivity contribution in [3.8, 4) is 5.75 Å². The number of thioether (sulfide) groups is 1. The van der Waals surface area contributed by atoms with Gasteiger partial charge < -0.3 is 92.9 Å². The number of nitrogens with one attached hydrogen (secondary N) is 10. The third kappa shape index (κ3) is 20.9. The molecule has 3 aliphatic rings. The molecule has 32 heteroatoms. The number of aromatic amines is 1. The standard InChI is InChI=1S/C57H85N13O17S2/c1-6-31(2)48-53(82)63-24-44(76)64-40(52(81)66-39(23-43(58)75)56(84)70-26-34(73)21-33(70)27-71)30-89(86)55-36(22-38(51(80)62-25-45(77)67-48)65-54(83)49(59-4)32(3)41(74)28-72)35-13-14-42(87-5)37(50(35)68-55)29-88-20-12-10-18-61-57(85)60-17-9-7-8-11-19-69-46(78)15-16-47(69)79/h13-16,27,31-34,38-41,48-49,59,68,72-74H,6-12,17-26,28-30H2,1-5H3,(H2,58,75)(H,62,80)(H,63,82)(H,64,76)(H,65,83)(H,66,81)(H,67,77)(H2,60,61,85)/t31-,32-,33-,34+,38-,39-,40-,41-,48-,49-,89?/m0/s1. The van der Waals surface area contributed by atoms with Crippen LogP contribution < -0.4 is 58.3 Å². The molecule has 5 rings (SSSR count). The van der Waals surface area contributed by atoms with Gasteiger partial charge in [-0.2, -0.15) is 11.8 Å². The minimum absolute atomic E-state index is 0.129. The maximum absolute atomic E-state index is 15.3. The number of aldehydes is 1. The summed E-state index contributed by atoms with van der Waals surface area (Å²) in [5.41, 5.74) is 6.57. The Balaban J connectivity index is 1.47. The number of amides is 12. The van der Waals surface area contributed by atoms with Crippen LogP contribution in [0.15, 0.2) is 29.3 Å². The third-order valence-corrected chi connectivity index (χ3v) is 18.2. The van der Waals surface area contributed by atoms with E-state index in [1.54, 1.807) is 26.0 Å². The molecule has 0 aliphatic carbocycles. The number of benzene rings is 1. The number of hydrogen-bond acceptors (Lipinski definition) is 19. The first-order valence-corrected chi connectivity index (χ1v) is 32.1. The zero-order valence-electron chi connectivity index (χ0n) is 50.6. The summed E-state index contributed by atoms with van der Waals surface area (Å²) in [4.78, 5) is 164. The van der Waals surface area contributed by atoms with Gasteiger partial charge in [-0.3, -0.25) is 52.8 Å². The van der Waals surface area contributed by atoms with E-state index in [2.05, 4.69) is 52.8 Å². The number of aromatic nitrogens is 1. The van der Waals surface area contributed by atoms with E-state index in [1.807, 2.05) is 0 Å². The molecule has 0 saturated carbocycles. The minimum atomic E-state index is -2.46. The molecule has 89 heavy (non-hydrogen) atoms. The predicted molar refractivity (Wildman–Crippen MR) is 325 cm³/mol. The van der Waals surface area contributed by atoms with Crippen molar-refractivity contribution in [1.29, 1.82) is 0 Å². The van der Waals surface area contributed by atoms with E-state index in [9.17, 15) is 72.9 Å². The van der Waals surface area contributed by atoms with Crippen LogP contribution in [0.4, 0.5) is 4.79 Å². The fourth-order valence-electron chi connectivity index (χ4n) is 10.4. The van der Waals surface area contributed by atoms with Crippen LogP contribution in [-0.4, -0.2) is 226 Å². The van der Waals surface area contributed by atoms with E-state index in [0.29, 0.717) is 86.0 Å². The lowest BCUT2D eigenvalue weighted by atomic mass is 9.94. The molecule has 12 amide bonds. The van der Waals surface area contributed by atoms with Gasteiger partial charge in [-0.25, -0.2) is 4.79 Å².